The summed E-state index contributed by atoms with van der Waals surface area (Å²) in [5.74, 6) is 0.00883. The molecule has 0 aromatic heterocycles. The number of carbonyl (C=O) groups excluding carboxylic acids is 2. The summed E-state index contributed by atoms with van der Waals surface area (Å²) in [5.41, 5.74) is 0. The van der Waals surface area contributed by atoms with Crippen molar-refractivity contribution in [2.75, 3.05) is 33.7 Å². The van der Waals surface area contributed by atoms with Crippen LogP contribution >= 0.6 is 19.1 Å². The molecule has 1 saturated heterocycles. The molecule has 0 aromatic rings. The van der Waals surface area contributed by atoms with Crippen LogP contribution in [0, 0.1) is 0 Å². The summed E-state index contributed by atoms with van der Waals surface area (Å²) in [7, 11) is 13.1. The number of carbonyl (C=O) groups is 2. The van der Waals surface area contributed by atoms with Crippen LogP contribution in [0.25, 0.3) is 10.6 Å². The van der Waals surface area contributed by atoms with Crippen molar-refractivity contribution < 1.29 is 25.5 Å². The maximum atomic E-state index is 12.3. The van der Waals surface area contributed by atoms with Crippen LogP contribution in [0.1, 0.15) is 19.3 Å². The van der Waals surface area contributed by atoms with Crippen molar-refractivity contribution >= 4 is 30.9 Å². The molecule has 1 fully saturated rings. The van der Waals surface area contributed by atoms with Crippen molar-refractivity contribution in [3.05, 3.63) is 35.1 Å². The summed E-state index contributed by atoms with van der Waals surface area (Å²) in [6.07, 6.45) is 10.0. The van der Waals surface area contributed by atoms with Gasteiger partial charge in [-0.05, 0) is 6.04 Å². The van der Waals surface area contributed by atoms with E-state index in [1.165, 1.54) is 0 Å². The Morgan fingerprint density at radius 3 is 2.28 bits per heavy atom. The van der Waals surface area contributed by atoms with Gasteiger partial charge in [-0.2, -0.15) is 6.20 Å². The van der Waals surface area contributed by atoms with Crippen LogP contribution in [-0.2, 0) is 25.5 Å². The molecule has 0 spiro atoms. The second-order valence-corrected chi connectivity index (χ2v) is 8.16. The van der Waals surface area contributed by atoms with Gasteiger partial charge in [0, 0.05) is 27.2 Å². The molecule has 0 aliphatic carbocycles. The molecule has 9 heteroatoms. The molecule has 2 unspecified atom stereocenters. The van der Waals surface area contributed by atoms with Crippen LogP contribution in [-0.4, -0.2) is 67.4 Å². The van der Waals surface area contributed by atoms with E-state index in [0.717, 1.165) is 25.8 Å². The van der Waals surface area contributed by atoms with Gasteiger partial charge in [0.25, 0.3) is 0 Å². The zero-order valence-electron chi connectivity index (χ0n) is 14.4. The Bertz CT molecular complexity index is 485. The second-order valence-electron chi connectivity index (χ2n) is 5.80. The van der Waals surface area contributed by atoms with E-state index in [1.807, 2.05) is 6.08 Å². The summed E-state index contributed by atoms with van der Waals surface area (Å²) in [6.45, 7) is 1.79. The van der Waals surface area contributed by atoms with Gasteiger partial charge in [-0.3, -0.25) is 9.59 Å². The second kappa shape index (κ2) is 12.7. The third-order valence-electron chi connectivity index (χ3n) is 4.03. The third kappa shape index (κ3) is 8.10. The van der Waals surface area contributed by atoms with Gasteiger partial charge in [0.05, 0.1) is 0 Å². The van der Waals surface area contributed by atoms with Crippen molar-refractivity contribution in [3.63, 3.8) is 0 Å². The van der Waals surface area contributed by atoms with E-state index >= 15 is 0 Å². The minimum absolute atomic E-state index is 0.0520. The standard InChI is InChI=1S/C16H24N4O2.2ClH.Pd/c1-19(15(21)13-7-3-5-9-17-13)11-12-20(2)16(22)14-8-4-6-10-18-14;;;/h3,5,7,9,13-14H,4,6,8,10-12H2,1-2H3;2*1H;/q-2;;;+2/p-2. The third-order valence-corrected chi connectivity index (χ3v) is 4.03. The zero-order valence-corrected chi connectivity index (χ0v) is 17.5. The fourth-order valence-electron chi connectivity index (χ4n) is 2.55. The fraction of sp³-hybridized carbons (Fsp3) is 0.625. The van der Waals surface area contributed by atoms with Crippen LogP contribution in [0.4, 0.5) is 0 Å². The first kappa shape index (κ1) is 22.5. The molecule has 2 aliphatic heterocycles. The molecule has 146 valence electrons. The molecular formula is C16H24Cl2N4O2Pd-2. The number of hydrogen-bond donors (Lipinski definition) is 0. The Kier molecular flexibility index (Phi) is 11.4. The first-order valence-electron chi connectivity index (χ1n) is 8.03. The van der Waals surface area contributed by atoms with E-state index in [0.29, 0.717) is 13.1 Å². The Morgan fingerprint density at radius 2 is 1.76 bits per heavy atom. The molecule has 2 aliphatic rings. The number of piperidine rings is 1. The molecule has 6 nitrogen and oxygen atoms in total. The fourth-order valence-corrected chi connectivity index (χ4v) is 2.55. The van der Waals surface area contributed by atoms with Gasteiger partial charge < -0.3 is 20.4 Å². The predicted octanol–water partition coefficient (Wildman–Crippen LogP) is 3.03. The molecule has 0 radical (unpaired) electrons. The van der Waals surface area contributed by atoms with Crippen LogP contribution < -0.4 is 0 Å². The van der Waals surface area contributed by atoms with Crippen LogP contribution in [0.3, 0.4) is 0 Å². The Hall–Kier alpha value is -0.578. The molecular weight excluding hydrogens is 458 g/mol. The van der Waals surface area contributed by atoms with E-state index in [4.69, 9.17) is 19.1 Å². The van der Waals surface area contributed by atoms with E-state index in [1.54, 1.807) is 42.2 Å². The first-order valence-corrected chi connectivity index (χ1v) is 12.0. The van der Waals surface area contributed by atoms with Crippen molar-refractivity contribution in [1.82, 2.24) is 9.80 Å². The number of amides is 2. The topological polar surface area (TPSA) is 68.8 Å². The Morgan fingerprint density at radius 1 is 1.12 bits per heavy atom. The number of allylic oxidation sites excluding steroid dienone is 2. The SMILES string of the molecule is CN(CCN(C)C(=O)C1CCCC[N-]1)C(=O)C1C=CC=C[N-]1.[Cl][Pd][Cl]. The molecule has 0 N–H and O–H groups in total. The maximum absolute atomic E-state index is 12.3. The van der Waals surface area contributed by atoms with E-state index < -0.39 is 6.04 Å². The summed E-state index contributed by atoms with van der Waals surface area (Å²) in [6, 6.07) is -0.634. The van der Waals surface area contributed by atoms with Crippen LogP contribution in [0.5, 0.6) is 0 Å². The molecule has 2 amide bonds. The molecule has 25 heavy (non-hydrogen) atoms. The zero-order chi connectivity index (χ0) is 18.7. The van der Waals surface area contributed by atoms with Gasteiger partial charge in [-0.25, -0.2) is 0 Å². The summed E-state index contributed by atoms with van der Waals surface area (Å²) < 4.78 is 0. The summed E-state index contributed by atoms with van der Waals surface area (Å²) >= 11 is -0.106. The predicted molar refractivity (Wildman–Crippen MR) is 98.3 cm³/mol. The van der Waals surface area contributed by atoms with Crippen molar-refractivity contribution in [1.29, 1.82) is 0 Å². The monoisotopic (exact) mass is 480 g/mol. The number of nitrogens with zero attached hydrogens (tertiary/aromatic N) is 4. The van der Waals surface area contributed by atoms with Gasteiger partial charge in [-0.1, -0.05) is 43.5 Å². The first-order chi connectivity index (χ1) is 12.0. The number of halogens is 2. The normalized spacial score (nSPS) is 21.8. The average Bonchev–Trinajstić information content (AvgIpc) is 2.66. The Balaban J connectivity index is 0.000000970. The molecule has 2 heterocycles. The number of rotatable bonds is 5. The molecule has 0 bridgehead atoms. The van der Waals surface area contributed by atoms with Crippen LogP contribution in [0.2, 0.25) is 0 Å². The molecule has 0 saturated carbocycles. The van der Waals surface area contributed by atoms with Gasteiger partial charge in [0.15, 0.2) is 0 Å². The quantitative estimate of drug-likeness (QED) is 0.567. The summed E-state index contributed by atoms with van der Waals surface area (Å²) in [5, 5.41) is 8.51. The van der Waals surface area contributed by atoms with Crippen molar-refractivity contribution in [2.24, 2.45) is 0 Å². The van der Waals surface area contributed by atoms with Crippen molar-refractivity contribution in [2.45, 2.75) is 31.3 Å². The summed E-state index contributed by atoms with van der Waals surface area (Å²) in [4.78, 5) is 27.8. The van der Waals surface area contributed by atoms with Crippen molar-refractivity contribution in [3.8, 4) is 0 Å². The van der Waals surface area contributed by atoms with E-state index in [9.17, 15) is 9.59 Å². The molecule has 0 aromatic carbocycles. The number of likely N-dealkylation sites (N-methyl/N-ethyl adjacent to an activating group) is 2. The average molecular weight is 482 g/mol. The molecule has 2 atom stereocenters. The van der Waals surface area contributed by atoms with Gasteiger partial charge in [0.1, 0.15) is 0 Å². The molecule has 2 rings (SSSR count). The van der Waals surface area contributed by atoms with Gasteiger partial charge >= 0.3 is 35.0 Å². The van der Waals surface area contributed by atoms with E-state index in [-0.39, 0.29) is 33.8 Å². The van der Waals surface area contributed by atoms with Gasteiger partial charge in [-0.15, -0.1) is 6.54 Å². The Labute approximate surface area is 166 Å². The van der Waals surface area contributed by atoms with Crippen LogP contribution in [0.15, 0.2) is 24.4 Å². The minimum atomic E-state index is -0.440. The number of hydrogen-bond acceptors (Lipinski definition) is 2. The van der Waals surface area contributed by atoms with E-state index in [2.05, 4.69) is 10.6 Å². The van der Waals surface area contributed by atoms with Gasteiger partial charge in [0.2, 0.25) is 11.8 Å².